The lowest BCUT2D eigenvalue weighted by Crippen LogP contribution is -2.17. The Hall–Kier alpha value is -4.64. The van der Waals surface area contributed by atoms with Crippen molar-refractivity contribution in [2.24, 2.45) is 0 Å². The standard InChI is InChI=1S/C27H19F4N5O2/c28-14-16-12-21(29)19(13-18(16)25-32-9-4-10-33-25)27(38)34-26-20-11-15(23(37)24(30)31)7-8-22(20)35-36(26)17-5-2-1-3-6-17/h1-13,23-24,37H,14H2,(H,34,38). The largest absolute Gasteiger partial charge is 0.382 e. The van der Waals surface area contributed by atoms with Crippen LogP contribution >= 0.6 is 0 Å². The maximum atomic E-state index is 15.0. The Kier molecular flexibility index (Phi) is 6.84. The van der Waals surface area contributed by atoms with Gasteiger partial charge in [0.05, 0.1) is 16.8 Å². The minimum Gasteiger partial charge on any atom is -0.382 e. The fourth-order valence-corrected chi connectivity index (χ4v) is 4.03. The zero-order chi connectivity index (χ0) is 26.8. The minimum atomic E-state index is -3.03. The molecule has 0 saturated carbocycles. The molecular weight excluding hydrogens is 502 g/mol. The number of alkyl halides is 3. The molecule has 0 fully saturated rings. The quantitative estimate of drug-likeness (QED) is 0.271. The summed E-state index contributed by atoms with van der Waals surface area (Å²) in [6, 6.07) is 16.3. The van der Waals surface area contributed by atoms with Gasteiger partial charge in [-0.3, -0.25) is 4.79 Å². The highest BCUT2D eigenvalue weighted by Crippen LogP contribution is 2.32. The molecule has 0 aliphatic heterocycles. The van der Waals surface area contributed by atoms with Gasteiger partial charge in [-0.1, -0.05) is 24.3 Å². The van der Waals surface area contributed by atoms with E-state index in [4.69, 9.17) is 0 Å². The molecule has 1 atom stereocenters. The number of aliphatic hydroxyl groups is 1. The molecule has 38 heavy (non-hydrogen) atoms. The average Bonchev–Trinajstić information content (AvgIpc) is 3.30. The highest BCUT2D eigenvalue weighted by atomic mass is 19.3. The third kappa shape index (κ3) is 4.71. The summed E-state index contributed by atoms with van der Waals surface area (Å²) in [5, 5.41) is 17.2. The van der Waals surface area contributed by atoms with E-state index in [2.05, 4.69) is 20.4 Å². The van der Waals surface area contributed by atoms with Crippen LogP contribution in [0.3, 0.4) is 0 Å². The molecule has 0 radical (unpaired) electrons. The van der Waals surface area contributed by atoms with Gasteiger partial charge in [0.2, 0.25) is 0 Å². The van der Waals surface area contributed by atoms with Gasteiger partial charge in [0, 0.05) is 23.3 Å². The summed E-state index contributed by atoms with van der Waals surface area (Å²) in [6.07, 6.45) is -2.22. The molecule has 0 spiro atoms. The van der Waals surface area contributed by atoms with Crippen LogP contribution in [0.2, 0.25) is 0 Å². The van der Waals surface area contributed by atoms with Gasteiger partial charge in [-0.05, 0) is 53.6 Å². The van der Waals surface area contributed by atoms with Crippen LogP contribution in [-0.4, -0.2) is 37.2 Å². The van der Waals surface area contributed by atoms with Gasteiger partial charge in [0.1, 0.15) is 24.4 Å². The van der Waals surface area contributed by atoms with Gasteiger partial charge in [-0.2, -0.15) is 5.10 Å². The molecule has 11 heteroatoms. The normalized spacial score (nSPS) is 12.2. The number of anilines is 1. The first-order chi connectivity index (χ1) is 18.4. The molecule has 2 heterocycles. The molecule has 1 unspecified atom stereocenters. The summed E-state index contributed by atoms with van der Waals surface area (Å²) in [5.74, 6) is -1.70. The molecule has 0 aliphatic rings. The molecular formula is C27H19F4N5O2. The molecule has 2 N–H and O–H groups in total. The first-order valence-electron chi connectivity index (χ1n) is 11.4. The van der Waals surface area contributed by atoms with Crippen molar-refractivity contribution in [3.8, 4) is 17.1 Å². The zero-order valence-electron chi connectivity index (χ0n) is 19.5. The van der Waals surface area contributed by atoms with Gasteiger partial charge in [-0.25, -0.2) is 32.2 Å². The number of fused-ring (bicyclic) bond motifs is 1. The first-order valence-corrected chi connectivity index (χ1v) is 11.4. The number of hydrogen-bond acceptors (Lipinski definition) is 5. The number of nitrogens with one attached hydrogen (secondary N) is 1. The lowest BCUT2D eigenvalue weighted by atomic mass is 10.0. The number of carbonyl (C=O) groups excluding carboxylic acids is 1. The van der Waals surface area contributed by atoms with Crippen LogP contribution in [0.1, 0.15) is 27.6 Å². The number of nitrogens with zero attached hydrogens (tertiary/aromatic N) is 4. The van der Waals surface area contributed by atoms with Gasteiger partial charge >= 0.3 is 0 Å². The van der Waals surface area contributed by atoms with Crippen LogP contribution in [0.4, 0.5) is 23.4 Å². The molecule has 192 valence electrons. The number of benzene rings is 3. The second-order valence-corrected chi connectivity index (χ2v) is 8.30. The van der Waals surface area contributed by atoms with Crippen LogP contribution in [0.15, 0.2) is 79.1 Å². The minimum absolute atomic E-state index is 0.0318. The summed E-state index contributed by atoms with van der Waals surface area (Å²) in [7, 11) is 0. The van der Waals surface area contributed by atoms with Crippen molar-refractivity contribution in [3.63, 3.8) is 0 Å². The molecule has 0 bridgehead atoms. The molecule has 3 aromatic carbocycles. The van der Waals surface area contributed by atoms with Crippen molar-refractivity contribution in [3.05, 3.63) is 102 Å². The number of halogens is 4. The Morgan fingerprint density at radius 2 is 1.74 bits per heavy atom. The summed E-state index contributed by atoms with van der Waals surface area (Å²) in [5.41, 5.74) is 0.474. The molecule has 0 aliphatic carbocycles. The average molecular weight is 521 g/mol. The second-order valence-electron chi connectivity index (χ2n) is 8.30. The zero-order valence-corrected chi connectivity index (χ0v) is 19.5. The predicted octanol–water partition coefficient (Wildman–Crippen LogP) is 5.64. The molecule has 5 rings (SSSR count). The summed E-state index contributed by atoms with van der Waals surface area (Å²) >= 11 is 0. The summed E-state index contributed by atoms with van der Waals surface area (Å²) in [6.45, 7) is -1.01. The molecule has 7 nitrogen and oxygen atoms in total. The number of amides is 1. The fraction of sp³-hybridized carbons (Fsp3) is 0.111. The van der Waals surface area contributed by atoms with E-state index >= 15 is 4.39 Å². The maximum Gasteiger partial charge on any atom is 0.268 e. The van der Waals surface area contributed by atoms with E-state index in [1.54, 1.807) is 36.4 Å². The van der Waals surface area contributed by atoms with E-state index in [9.17, 15) is 23.1 Å². The molecule has 5 aromatic rings. The number of para-hydroxylation sites is 1. The van der Waals surface area contributed by atoms with Gasteiger partial charge < -0.3 is 10.4 Å². The van der Waals surface area contributed by atoms with Crippen LogP contribution < -0.4 is 5.32 Å². The third-order valence-corrected chi connectivity index (χ3v) is 5.90. The molecule has 0 saturated heterocycles. The van der Waals surface area contributed by atoms with Gasteiger partial charge in [-0.15, -0.1) is 0 Å². The number of carbonyl (C=O) groups is 1. The first kappa shape index (κ1) is 25.0. The lowest BCUT2D eigenvalue weighted by Gasteiger charge is -2.13. The number of rotatable bonds is 7. The van der Waals surface area contributed by atoms with E-state index < -0.39 is 36.5 Å². The van der Waals surface area contributed by atoms with E-state index in [1.165, 1.54) is 35.3 Å². The van der Waals surface area contributed by atoms with Crippen LogP contribution in [-0.2, 0) is 6.67 Å². The highest BCUT2D eigenvalue weighted by Gasteiger charge is 2.24. The summed E-state index contributed by atoms with van der Waals surface area (Å²) in [4.78, 5) is 21.5. The smallest absolute Gasteiger partial charge is 0.268 e. The van der Waals surface area contributed by atoms with Gasteiger partial charge in [0.15, 0.2) is 5.82 Å². The monoisotopic (exact) mass is 521 g/mol. The number of aliphatic hydroxyl groups excluding tert-OH is 1. The van der Waals surface area contributed by atoms with E-state index in [0.29, 0.717) is 11.2 Å². The highest BCUT2D eigenvalue weighted by molar-refractivity contribution is 6.09. The van der Waals surface area contributed by atoms with Crippen LogP contribution in [0.25, 0.3) is 28.0 Å². The van der Waals surface area contributed by atoms with Crippen LogP contribution in [0, 0.1) is 5.82 Å². The van der Waals surface area contributed by atoms with E-state index in [-0.39, 0.29) is 33.7 Å². The second kappa shape index (κ2) is 10.4. The lowest BCUT2D eigenvalue weighted by molar-refractivity contribution is -0.00570. The Balaban J connectivity index is 1.63. The van der Waals surface area contributed by atoms with Crippen molar-refractivity contribution in [2.45, 2.75) is 19.2 Å². The van der Waals surface area contributed by atoms with Crippen molar-refractivity contribution < 1.29 is 27.5 Å². The van der Waals surface area contributed by atoms with Crippen molar-refractivity contribution >= 4 is 22.6 Å². The van der Waals surface area contributed by atoms with Crippen molar-refractivity contribution in [1.82, 2.24) is 19.7 Å². The van der Waals surface area contributed by atoms with Crippen molar-refractivity contribution in [1.29, 1.82) is 0 Å². The Labute approximate surface area is 213 Å². The van der Waals surface area contributed by atoms with E-state index in [1.807, 2.05) is 0 Å². The Bertz CT molecular complexity index is 1610. The van der Waals surface area contributed by atoms with E-state index in [0.717, 1.165) is 12.1 Å². The predicted molar refractivity (Wildman–Crippen MR) is 132 cm³/mol. The fourth-order valence-electron chi connectivity index (χ4n) is 4.03. The van der Waals surface area contributed by atoms with Crippen molar-refractivity contribution in [2.75, 3.05) is 5.32 Å². The Morgan fingerprint density at radius 1 is 1.00 bits per heavy atom. The maximum absolute atomic E-state index is 15.0. The topological polar surface area (TPSA) is 92.9 Å². The summed E-state index contributed by atoms with van der Waals surface area (Å²) < 4.78 is 56.4. The molecule has 2 aromatic heterocycles. The van der Waals surface area contributed by atoms with Crippen LogP contribution in [0.5, 0.6) is 0 Å². The SMILES string of the molecule is O=C(Nc1c2cc(C(O)C(F)F)ccc2nn1-c1ccccc1)c1cc(-c2ncccn2)c(CF)cc1F. The Morgan fingerprint density at radius 3 is 2.42 bits per heavy atom. The van der Waals surface area contributed by atoms with Gasteiger partial charge in [0.25, 0.3) is 12.3 Å². The number of hydrogen-bond donors (Lipinski definition) is 2. The molecule has 1 amide bonds. The number of aromatic nitrogens is 4. The third-order valence-electron chi connectivity index (χ3n) is 5.90.